The Balaban J connectivity index is 1.64. The fourth-order valence-electron chi connectivity index (χ4n) is 4.19. The number of H-pyrrole nitrogens is 1. The molecular formula is C24H19FN4O4. The largest absolute Gasteiger partial charge is 0.465 e. The first-order chi connectivity index (χ1) is 15.8. The third kappa shape index (κ3) is 3.21. The van der Waals surface area contributed by atoms with E-state index in [1.54, 1.807) is 54.6 Å². The van der Waals surface area contributed by atoms with E-state index in [0.29, 0.717) is 33.3 Å². The molecule has 0 saturated heterocycles. The molecule has 1 aromatic heterocycles. The van der Waals surface area contributed by atoms with Crippen molar-refractivity contribution in [3.8, 4) is 0 Å². The number of rotatable bonds is 4. The van der Waals surface area contributed by atoms with E-state index in [2.05, 4.69) is 9.97 Å². The fraction of sp³-hybridized carbons (Fsp3) is 0.125. The zero-order valence-corrected chi connectivity index (χ0v) is 17.5. The number of carbonyl (C=O) groups is 2. The molecule has 3 aromatic carbocycles. The molecule has 1 atom stereocenters. The third-order valence-corrected chi connectivity index (χ3v) is 5.88. The highest BCUT2D eigenvalue weighted by atomic mass is 19.1. The van der Waals surface area contributed by atoms with E-state index in [-0.39, 0.29) is 18.4 Å². The lowest BCUT2D eigenvalue weighted by Gasteiger charge is -2.35. The first-order valence-electron chi connectivity index (χ1n) is 10.1. The van der Waals surface area contributed by atoms with Gasteiger partial charge in [-0.25, -0.2) is 14.2 Å². The first-order valence-corrected chi connectivity index (χ1v) is 10.1. The van der Waals surface area contributed by atoms with Gasteiger partial charge in [0, 0.05) is 30.3 Å². The Kier molecular flexibility index (Phi) is 4.64. The molecule has 33 heavy (non-hydrogen) atoms. The standard InChI is InChI=1S/C24H19FN4O4/c1-28(23(31)32)22-26-19-10-9-15(12-20(19)27-22)24(33)18-8-3-2-7-17(18)21(30)29(24)13-14-5-4-6-16(25)11-14/h2-12,33H,13H2,1H3,(H,26,27)(H,31,32). The molecular weight excluding hydrogens is 427 g/mol. The minimum atomic E-state index is -1.82. The van der Waals surface area contributed by atoms with Crippen LogP contribution in [0.1, 0.15) is 27.0 Å². The van der Waals surface area contributed by atoms with Crippen molar-refractivity contribution in [3.63, 3.8) is 0 Å². The van der Waals surface area contributed by atoms with E-state index in [4.69, 9.17) is 0 Å². The summed E-state index contributed by atoms with van der Waals surface area (Å²) in [5.41, 5.74) is 0.852. The molecule has 9 heteroatoms. The molecule has 5 rings (SSSR count). The van der Waals surface area contributed by atoms with E-state index >= 15 is 0 Å². The van der Waals surface area contributed by atoms with E-state index in [0.717, 1.165) is 4.90 Å². The number of nitrogens with one attached hydrogen (secondary N) is 1. The summed E-state index contributed by atoms with van der Waals surface area (Å²) in [6.45, 7) is -0.0181. The molecule has 2 heterocycles. The normalized spacial score (nSPS) is 17.4. The topological polar surface area (TPSA) is 110 Å². The Morgan fingerprint density at radius 2 is 1.94 bits per heavy atom. The molecule has 0 spiro atoms. The second kappa shape index (κ2) is 7.42. The highest BCUT2D eigenvalue weighted by Gasteiger charge is 2.49. The summed E-state index contributed by atoms with van der Waals surface area (Å²) in [6, 6.07) is 17.6. The second-order valence-corrected chi connectivity index (χ2v) is 7.87. The average molecular weight is 446 g/mol. The van der Waals surface area contributed by atoms with Crippen molar-refractivity contribution in [2.75, 3.05) is 11.9 Å². The molecule has 2 amide bonds. The first kappa shape index (κ1) is 20.7. The number of amides is 2. The predicted molar refractivity (Wildman–Crippen MR) is 118 cm³/mol. The maximum absolute atomic E-state index is 13.8. The summed E-state index contributed by atoms with van der Waals surface area (Å²) in [6.07, 6.45) is -1.18. The van der Waals surface area contributed by atoms with Gasteiger partial charge >= 0.3 is 6.09 Å². The lowest BCUT2D eigenvalue weighted by atomic mass is 9.93. The maximum Gasteiger partial charge on any atom is 0.413 e. The zero-order chi connectivity index (χ0) is 23.3. The number of nitrogens with zero attached hydrogens (tertiary/aromatic N) is 3. The van der Waals surface area contributed by atoms with E-state index in [1.807, 2.05) is 0 Å². The van der Waals surface area contributed by atoms with Crippen LogP contribution in [0.5, 0.6) is 0 Å². The third-order valence-electron chi connectivity index (χ3n) is 5.88. The van der Waals surface area contributed by atoms with Crippen LogP contribution in [-0.4, -0.2) is 44.1 Å². The fourth-order valence-corrected chi connectivity index (χ4v) is 4.19. The number of anilines is 1. The summed E-state index contributed by atoms with van der Waals surface area (Å²) in [4.78, 5) is 34.0. The number of aromatic amines is 1. The molecule has 0 radical (unpaired) electrons. The van der Waals surface area contributed by atoms with Gasteiger partial charge in [0.1, 0.15) is 5.82 Å². The van der Waals surface area contributed by atoms with Crippen LogP contribution in [-0.2, 0) is 12.3 Å². The monoisotopic (exact) mass is 446 g/mol. The van der Waals surface area contributed by atoms with Crippen LogP contribution in [0.3, 0.4) is 0 Å². The van der Waals surface area contributed by atoms with Crippen molar-refractivity contribution in [2.45, 2.75) is 12.3 Å². The number of carbonyl (C=O) groups excluding carboxylic acids is 1. The highest BCUT2D eigenvalue weighted by molar-refractivity contribution is 6.00. The number of halogens is 1. The number of aliphatic hydroxyl groups is 1. The minimum absolute atomic E-state index is 0.0181. The van der Waals surface area contributed by atoms with Gasteiger partial charge in [-0.15, -0.1) is 0 Å². The van der Waals surface area contributed by atoms with Crippen molar-refractivity contribution in [1.82, 2.24) is 14.9 Å². The summed E-state index contributed by atoms with van der Waals surface area (Å²) >= 11 is 0. The molecule has 0 bridgehead atoms. The summed E-state index contributed by atoms with van der Waals surface area (Å²) in [5, 5.41) is 21.2. The van der Waals surface area contributed by atoms with E-state index in [9.17, 15) is 24.2 Å². The maximum atomic E-state index is 13.8. The van der Waals surface area contributed by atoms with Crippen LogP contribution in [0.2, 0.25) is 0 Å². The zero-order valence-electron chi connectivity index (χ0n) is 17.5. The van der Waals surface area contributed by atoms with Crippen molar-refractivity contribution in [1.29, 1.82) is 0 Å². The number of hydrogen-bond donors (Lipinski definition) is 3. The summed E-state index contributed by atoms with van der Waals surface area (Å²) in [5.74, 6) is -0.691. The summed E-state index contributed by atoms with van der Waals surface area (Å²) < 4.78 is 13.8. The molecule has 166 valence electrons. The highest BCUT2D eigenvalue weighted by Crippen LogP contribution is 2.43. The van der Waals surface area contributed by atoms with Crippen LogP contribution in [0.4, 0.5) is 15.1 Å². The van der Waals surface area contributed by atoms with Gasteiger partial charge in [0.15, 0.2) is 5.72 Å². The Morgan fingerprint density at radius 3 is 2.70 bits per heavy atom. The van der Waals surface area contributed by atoms with Gasteiger partial charge in [-0.05, 0) is 35.9 Å². The van der Waals surface area contributed by atoms with Crippen LogP contribution < -0.4 is 4.90 Å². The molecule has 1 aliphatic heterocycles. The van der Waals surface area contributed by atoms with Gasteiger partial charge in [-0.3, -0.25) is 14.6 Å². The lowest BCUT2D eigenvalue weighted by molar-refractivity contribution is -0.0542. The van der Waals surface area contributed by atoms with Crippen molar-refractivity contribution < 1.29 is 24.2 Å². The predicted octanol–water partition coefficient (Wildman–Crippen LogP) is 3.67. The van der Waals surface area contributed by atoms with Crippen LogP contribution >= 0.6 is 0 Å². The van der Waals surface area contributed by atoms with Gasteiger partial charge in [-0.1, -0.05) is 36.4 Å². The Hall–Kier alpha value is -4.24. The van der Waals surface area contributed by atoms with Gasteiger partial charge in [0.05, 0.1) is 11.0 Å². The molecule has 0 aliphatic carbocycles. The van der Waals surface area contributed by atoms with Crippen LogP contribution in [0.25, 0.3) is 11.0 Å². The Labute approximate surface area is 187 Å². The number of hydrogen-bond acceptors (Lipinski definition) is 4. The van der Waals surface area contributed by atoms with Crippen molar-refractivity contribution in [2.24, 2.45) is 0 Å². The average Bonchev–Trinajstić information content (AvgIpc) is 3.32. The molecule has 8 nitrogen and oxygen atoms in total. The Morgan fingerprint density at radius 1 is 1.15 bits per heavy atom. The van der Waals surface area contributed by atoms with Crippen LogP contribution in [0, 0.1) is 5.82 Å². The number of benzene rings is 3. The summed E-state index contributed by atoms with van der Waals surface area (Å²) in [7, 11) is 1.36. The van der Waals surface area contributed by atoms with Gasteiger partial charge in [0.2, 0.25) is 5.95 Å². The number of carboxylic acid groups (broad SMARTS) is 1. The van der Waals surface area contributed by atoms with Gasteiger partial charge < -0.3 is 15.2 Å². The lowest BCUT2D eigenvalue weighted by Crippen LogP contribution is -2.44. The Bertz CT molecular complexity index is 1420. The SMILES string of the molecule is CN(C(=O)O)c1nc2ccc(C3(O)c4ccccc4C(=O)N3Cc3cccc(F)c3)cc2[nH]1. The van der Waals surface area contributed by atoms with Gasteiger partial charge in [0.25, 0.3) is 5.91 Å². The smallest absolute Gasteiger partial charge is 0.413 e. The molecule has 0 fully saturated rings. The second-order valence-electron chi connectivity index (χ2n) is 7.87. The number of fused-ring (bicyclic) bond motifs is 2. The van der Waals surface area contributed by atoms with E-state index in [1.165, 1.54) is 24.1 Å². The van der Waals surface area contributed by atoms with Crippen LogP contribution in [0.15, 0.2) is 66.7 Å². The number of imidazole rings is 1. The molecule has 4 aromatic rings. The molecule has 3 N–H and O–H groups in total. The molecule has 1 aliphatic rings. The molecule has 0 saturated carbocycles. The van der Waals surface area contributed by atoms with Crippen molar-refractivity contribution in [3.05, 3.63) is 94.8 Å². The number of aromatic nitrogens is 2. The van der Waals surface area contributed by atoms with Gasteiger partial charge in [-0.2, -0.15) is 0 Å². The molecule has 1 unspecified atom stereocenters. The minimum Gasteiger partial charge on any atom is -0.465 e. The quantitative estimate of drug-likeness (QED) is 0.443. The van der Waals surface area contributed by atoms with Crippen molar-refractivity contribution >= 4 is 29.0 Å². The van der Waals surface area contributed by atoms with E-state index < -0.39 is 17.6 Å².